The van der Waals surface area contributed by atoms with Crippen molar-refractivity contribution >= 4 is 50.0 Å². The van der Waals surface area contributed by atoms with Crippen molar-refractivity contribution in [2.75, 3.05) is 5.32 Å². The van der Waals surface area contributed by atoms with Crippen LogP contribution in [0.25, 0.3) is 0 Å². The lowest BCUT2D eigenvalue weighted by Gasteiger charge is -2.02. The van der Waals surface area contributed by atoms with Crippen molar-refractivity contribution in [3.63, 3.8) is 0 Å². The van der Waals surface area contributed by atoms with Gasteiger partial charge in [0.2, 0.25) is 5.95 Å². The van der Waals surface area contributed by atoms with Gasteiger partial charge in [0.25, 0.3) is 5.56 Å². The van der Waals surface area contributed by atoms with Crippen molar-refractivity contribution in [2.45, 2.75) is 0 Å². The van der Waals surface area contributed by atoms with E-state index in [1.54, 1.807) is 6.07 Å². The summed E-state index contributed by atoms with van der Waals surface area (Å²) < 4.78 is 2.94. The smallest absolute Gasteiger partial charge is 0.278 e. The van der Waals surface area contributed by atoms with Gasteiger partial charge in [-0.05, 0) is 27.5 Å². The number of nitrogens with one attached hydrogen (secondary N) is 2. The predicted octanol–water partition coefficient (Wildman–Crippen LogP) is 2.26. The number of nitriles is 1. The molecule has 0 amide bonds. The zero-order valence-electron chi connectivity index (χ0n) is 7.99. The van der Waals surface area contributed by atoms with Crippen LogP contribution in [-0.2, 0) is 0 Å². The molecule has 0 radical (unpaired) electrons. The van der Waals surface area contributed by atoms with Crippen molar-refractivity contribution in [1.82, 2.24) is 14.3 Å². The second kappa shape index (κ2) is 4.83. The van der Waals surface area contributed by atoms with Crippen LogP contribution in [0.15, 0.2) is 15.5 Å². The highest BCUT2D eigenvalue weighted by atomic mass is 79.9. The van der Waals surface area contributed by atoms with Crippen molar-refractivity contribution < 1.29 is 0 Å². The van der Waals surface area contributed by atoms with Crippen LogP contribution in [-0.4, -0.2) is 14.3 Å². The molecule has 0 aliphatic carbocycles. The van der Waals surface area contributed by atoms with Gasteiger partial charge >= 0.3 is 0 Å². The normalized spacial score (nSPS) is 9.94. The summed E-state index contributed by atoms with van der Waals surface area (Å²) in [5.74, 6) is 0.205. The summed E-state index contributed by atoms with van der Waals surface area (Å²) in [5, 5.41) is 12.1. The van der Waals surface area contributed by atoms with E-state index < -0.39 is 5.56 Å². The van der Waals surface area contributed by atoms with Crippen molar-refractivity contribution in [2.24, 2.45) is 0 Å². The number of H-pyrrole nitrogens is 1. The Morgan fingerprint density at radius 1 is 1.59 bits per heavy atom. The Morgan fingerprint density at radius 3 is 3.00 bits per heavy atom. The van der Waals surface area contributed by atoms with Gasteiger partial charge < -0.3 is 5.32 Å². The molecule has 6 nitrogen and oxygen atoms in total. The standard InChI is InChI=1S/C8H3BrClN5OS/c9-4-1-5(10)13-8(12-4)14-7-3(2-11)6(16)15-17-7/h1H,(H,15,16)(H,12,13,14). The fourth-order valence-corrected chi connectivity index (χ4v) is 2.42. The molecule has 17 heavy (non-hydrogen) atoms. The minimum absolute atomic E-state index is 0.00491. The van der Waals surface area contributed by atoms with Crippen LogP contribution >= 0.6 is 39.1 Å². The first-order valence-corrected chi connectivity index (χ1v) is 6.17. The van der Waals surface area contributed by atoms with E-state index in [4.69, 9.17) is 16.9 Å². The number of aromatic amines is 1. The molecule has 9 heteroatoms. The molecule has 2 N–H and O–H groups in total. The maximum absolute atomic E-state index is 11.2. The van der Waals surface area contributed by atoms with Crippen LogP contribution in [0.1, 0.15) is 5.56 Å². The summed E-state index contributed by atoms with van der Waals surface area (Å²) >= 11 is 9.90. The Morgan fingerprint density at radius 2 is 2.35 bits per heavy atom. The molecule has 2 aromatic heterocycles. The second-order valence-electron chi connectivity index (χ2n) is 2.81. The van der Waals surface area contributed by atoms with Crippen LogP contribution in [0.2, 0.25) is 5.15 Å². The highest BCUT2D eigenvalue weighted by Crippen LogP contribution is 2.22. The monoisotopic (exact) mass is 331 g/mol. The van der Waals surface area contributed by atoms with E-state index in [2.05, 4.69) is 35.6 Å². The fourth-order valence-electron chi connectivity index (χ4n) is 1.04. The third-order valence-corrected chi connectivity index (χ3v) is 3.10. The van der Waals surface area contributed by atoms with Crippen LogP contribution in [0.4, 0.5) is 10.9 Å². The number of hydrogen-bond acceptors (Lipinski definition) is 6. The summed E-state index contributed by atoms with van der Waals surface area (Å²) in [6.45, 7) is 0. The van der Waals surface area contributed by atoms with Crippen molar-refractivity contribution in [1.29, 1.82) is 5.26 Å². The van der Waals surface area contributed by atoms with Gasteiger partial charge in [0.1, 0.15) is 20.8 Å². The number of hydrogen-bond donors (Lipinski definition) is 2. The molecule has 0 saturated carbocycles. The molecule has 2 heterocycles. The van der Waals surface area contributed by atoms with Crippen LogP contribution in [0, 0.1) is 11.3 Å². The van der Waals surface area contributed by atoms with Crippen LogP contribution in [0.5, 0.6) is 0 Å². The number of rotatable bonds is 2. The second-order valence-corrected chi connectivity index (χ2v) is 4.83. The summed E-state index contributed by atoms with van der Waals surface area (Å²) in [7, 11) is 0. The molecule has 0 aliphatic heterocycles. The lowest BCUT2D eigenvalue weighted by molar-refractivity contribution is 1.14. The van der Waals surface area contributed by atoms with Gasteiger partial charge in [-0.25, -0.2) is 9.97 Å². The van der Waals surface area contributed by atoms with E-state index in [1.807, 2.05) is 0 Å². The Balaban J connectivity index is 2.38. The predicted molar refractivity (Wildman–Crippen MR) is 67.7 cm³/mol. The maximum Gasteiger partial charge on any atom is 0.278 e. The van der Waals surface area contributed by atoms with Gasteiger partial charge in [0.15, 0.2) is 5.56 Å². The van der Waals surface area contributed by atoms with Gasteiger partial charge in [0, 0.05) is 6.07 Å². The third kappa shape index (κ3) is 2.63. The molecule has 0 bridgehead atoms. The Labute approximate surface area is 113 Å². The fraction of sp³-hybridized carbons (Fsp3) is 0. The molecule has 0 aliphatic rings. The Bertz CT molecular complexity index is 640. The maximum atomic E-state index is 11.2. The average molecular weight is 333 g/mol. The highest BCUT2D eigenvalue weighted by Gasteiger charge is 2.11. The molecule has 0 saturated heterocycles. The lowest BCUT2D eigenvalue weighted by atomic mass is 10.4. The quantitative estimate of drug-likeness (QED) is 0.823. The largest absolute Gasteiger partial charge is 0.313 e. The first-order valence-electron chi connectivity index (χ1n) is 4.19. The van der Waals surface area contributed by atoms with Crippen molar-refractivity contribution in [3.8, 4) is 6.07 Å². The molecule has 86 valence electrons. The van der Waals surface area contributed by atoms with E-state index in [0.29, 0.717) is 9.60 Å². The topological polar surface area (TPSA) is 94.5 Å². The molecular weight excluding hydrogens is 330 g/mol. The average Bonchev–Trinajstić information content (AvgIpc) is 2.57. The van der Waals surface area contributed by atoms with Crippen LogP contribution < -0.4 is 10.9 Å². The van der Waals surface area contributed by atoms with Gasteiger partial charge in [-0.1, -0.05) is 11.6 Å². The summed E-state index contributed by atoms with van der Waals surface area (Å²) in [5.41, 5.74) is -0.448. The molecule has 0 spiro atoms. The molecule has 2 aromatic rings. The summed E-state index contributed by atoms with van der Waals surface area (Å²) in [4.78, 5) is 19.1. The Hall–Kier alpha value is -1.43. The number of halogens is 2. The molecule has 0 fully saturated rings. The molecule has 0 aromatic carbocycles. The summed E-state index contributed by atoms with van der Waals surface area (Å²) in [6, 6.07) is 3.32. The van der Waals surface area contributed by atoms with E-state index >= 15 is 0 Å². The molecule has 0 unspecified atom stereocenters. The number of anilines is 2. The SMILES string of the molecule is N#Cc1c(Nc2nc(Cl)cc(Br)n2)s[nH]c1=O. The highest BCUT2D eigenvalue weighted by molar-refractivity contribution is 9.10. The van der Waals surface area contributed by atoms with E-state index in [0.717, 1.165) is 11.5 Å². The molecule has 0 atom stereocenters. The van der Waals surface area contributed by atoms with Gasteiger partial charge in [-0.15, -0.1) is 0 Å². The van der Waals surface area contributed by atoms with E-state index in [9.17, 15) is 4.79 Å². The minimum atomic E-state index is -0.443. The first-order chi connectivity index (χ1) is 8.10. The lowest BCUT2D eigenvalue weighted by Crippen LogP contribution is -2.04. The molecular formula is C8H3BrClN5OS. The number of nitrogens with zero attached hydrogens (tertiary/aromatic N) is 3. The van der Waals surface area contributed by atoms with E-state index in [-0.39, 0.29) is 16.7 Å². The zero-order valence-corrected chi connectivity index (χ0v) is 11.1. The Kier molecular flexibility index (Phi) is 3.42. The number of aromatic nitrogens is 3. The van der Waals surface area contributed by atoms with Gasteiger partial charge in [0.05, 0.1) is 0 Å². The zero-order chi connectivity index (χ0) is 12.4. The van der Waals surface area contributed by atoms with E-state index in [1.165, 1.54) is 6.07 Å². The first kappa shape index (κ1) is 12.0. The minimum Gasteiger partial charge on any atom is -0.313 e. The van der Waals surface area contributed by atoms with Crippen LogP contribution in [0.3, 0.4) is 0 Å². The summed E-state index contributed by atoms with van der Waals surface area (Å²) in [6.07, 6.45) is 0. The van der Waals surface area contributed by atoms with Gasteiger partial charge in [-0.3, -0.25) is 9.17 Å². The van der Waals surface area contributed by atoms with Gasteiger partial charge in [-0.2, -0.15) is 5.26 Å². The van der Waals surface area contributed by atoms with Crippen molar-refractivity contribution in [3.05, 3.63) is 31.7 Å². The third-order valence-electron chi connectivity index (χ3n) is 1.70. The molecule has 2 rings (SSSR count).